The summed E-state index contributed by atoms with van der Waals surface area (Å²) in [5, 5.41) is 1.09. The lowest BCUT2D eigenvalue weighted by Crippen LogP contribution is -2.17. The second kappa shape index (κ2) is 3.00. The van der Waals surface area contributed by atoms with E-state index in [1.54, 1.807) is 0 Å². The van der Waals surface area contributed by atoms with Crippen molar-refractivity contribution in [2.45, 2.75) is 11.8 Å². The van der Waals surface area contributed by atoms with Crippen LogP contribution < -0.4 is 0 Å². The summed E-state index contributed by atoms with van der Waals surface area (Å²) in [5.74, 6) is 1.45. The summed E-state index contributed by atoms with van der Waals surface area (Å²) in [5.41, 5.74) is 0.999. The van der Waals surface area contributed by atoms with Crippen molar-refractivity contribution in [2.75, 3.05) is 0 Å². The summed E-state index contributed by atoms with van der Waals surface area (Å²) in [7, 11) is 0. The topological polar surface area (TPSA) is 38.1 Å². The minimum atomic E-state index is -0.0151. The van der Waals surface area contributed by atoms with Crippen LogP contribution in [-0.2, 0) is 5.41 Å². The van der Waals surface area contributed by atoms with Crippen LogP contribution in [0.4, 0.5) is 0 Å². The number of para-hydroxylation sites is 1. The zero-order valence-electron chi connectivity index (χ0n) is 9.24. The maximum atomic E-state index is 4.68. The Balaban J connectivity index is 1.88. The molecular formula is C14H11N3. The minimum Gasteiger partial charge on any atom is -0.268 e. The monoisotopic (exact) mass is 221 g/mol. The van der Waals surface area contributed by atoms with E-state index in [4.69, 9.17) is 0 Å². The molecule has 2 atom stereocenters. The molecule has 3 nitrogen and oxygen atoms in total. The Morgan fingerprint density at radius 1 is 1.24 bits per heavy atom. The van der Waals surface area contributed by atoms with E-state index in [1.165, 1.54) is 0 Å². The Kier molecular flexibility index (Phi) is 1.60. The van der Waals surface area contributed by atoms with Crippen LogP contribution in [-0.4, -0.2) is 16.2 Å². The smallest absolute Gasteiger partial charge is 0.141 e. The van der Waals surface area contributed by atoms with Crippen molar-refractivity contribution >= 4 is 17.1 Å². The number of fused-ring (bicyclic) bond motifs is 2. The Bertz CT molecular complexity index is 659. The number of aliphatic imine (C=N–C) groups is 1. The maximum absolute atomic E-state index is 4.68. The van der Waals surface area contributed by atoms with Crippen LogP contribution >= 0.6 is 0 Å². The molecule has 1 aromatic carbocycles. The third-order valence-corrected chi connectivity index (χ3v) is 3.67. The van der Waals surface area contributed by atoms with Crippen LogP contribution in [0.2, 0.25) is 0 Å². The molecule has 82 valence electrons. The third kappa shape index (κ3) is 1.19. The van der Waals surface area contributed by atoms with E-state index in [9.17, 15) is 0 Å². The molecule has 2 aromatic rings. The van der Waals surface area contributed by atoms with Crippen molar-refractivity contribution in [1.29, 1.82) is 0 Å². The number of aromatic nitrogens is 2. The molecule has 1 aromatic heterocycles. The molecule has 1 aliphatic carbocycles. The van der Waals surface area contributed by atoms with Gasteiger partial charge in [0.15, 0.2) is 0 Å². The average Bonchev–Trinajstić information content (AvgIpc) is 3.14. The fourth-order valence-electron chi connectivity index (χ4n) is 2.53. The molecule has 2 heterocycles. The van der Waals surface area contributed by atoms with Gasteiger partial charge < -0.3 is 0 Å². The molecule has 2 unspecified atom stereocenters. The standard InChI is InChI=1S/C14H11N3/c1-2-4-12-10(3-1)8-16-13(17-12)14-7-11(14)5-6-15-9-14/h1-6,8-9,11H,7H2. The summed E-state index contributed by atoms with van der Waals surface area (Å²) in [6.07, 6.45) is 9.02. The Labute approximate surface area is 98.9 Å². The fraction of sp³-hybridized carbons (Fsp3) is 0.214. The van der Waals surface area contributed by atoms with Crippen LogP contribution in [0.3, 0.4) is 0 Å². The highest BCUT2D eigenvalue weighted by molar-refractivity contribution is 5.82. The van der Waals surface area contributed by atoms with Crippen LogP contribution in [0, 0.1) is 5.92 Å². The van der Waals surface area contributed by atoms with E-state index in [0.29, 0.717) is 5.92 Å². The lowest BCUT2D eigenvalue weighted by Gasteiger charge is -2.11. The van der Waals surface area contributed by atoms with Crippen LogP contribution in [0.15, 0.2) is 47.7 Å². The lowest BCUT2D eigenvalue weighted by molar-refractivity contribution is 0.795. The zero-order chi connectivity index (χ0) is 11.3. The number of hydrogen-bond acceptors (Lipinski definition) is 3. The molecule has 2 aliphatic rings. The second-order valence-corrected chi connectivity index (χ2v) is 4.72. The molecule has 4 rings (SSSR count). The predicted molar refractivity (Wildman–Crippen MR) is 67.0 cm³/mol. The fourth-order valence-corrected chi connectivity index (χ4v) is 2.53. The van der Waals surface area contributed by atoms with E-state index >= 15 is 0 Å². The van der Waals surface area contributed by atoms with Gasteiger partial charge in [-0.05, 0) is 18.4 Å². The van der Waals surface area contributed by atoms with E-state index in [0.717, 1.165) is 23.1 Å². The van der Waals surface area contributed by atoms with Crippen LogP contribution in [0.1, 0.15) is 12.2 Å². The van der Waals surface area contributed by atoms with Gasteiger partial charge in [-0.25, -0.2) is 9.97 Å². The minimum absolute atomic E-state index is 0.0151. The van der Waals surface area contributed by atoms with Crippen molar-refractivity contribution in [3.63, 3.8) is 0 Å². The maximum Gasteiger partial charge on any atom is 0.141 e. The number of rotatable bonds is 1. The van der Waals surface area contributed by atoms with E-state index in [2.05, 4.69) is 21.0 Å². The van der Waals surface area contributed by atoms with Gasteiger partial charge in [0.1, 0.15) is 5.82 Å². The average molecular weight is 221 g/mol. The van der Waals surface area contributed by atoms with Gasteiger partial charge in [-0.2, -0.15) is 0 Å². The Morgan fingerprint density at radius 3 is 3.12 bits per heavy atom. The molecular weight excluding hydrogens is 210 g/mol. The van der Waals surface area contributed by atoms with Crippen molar-refractivity contribution in [3.8, 4) is 0 Å². The highest BCUT2D eigenvalue weighted by Gasteiger charge is 2.56. The molecule has 0 bridgehead atoms. The van der Waals surface area contributed by atoms with Crippen molar-refractivity contribution in [3.05, 3.63) is 48.6 Å². The van der Waals surface area contributed by atoms with Gasteiger partial charge in [0.2, 0.25) is 0 Å². The van der Waals surface area contributed by atoms with Crippen molar-refractivity contribution < 1.29 is 0 Å². The van der Waals surface area contributed by atoms with E-state index in [-0.39, 0.29) is 5.41 Å². The predicted octanol–water partition coefficient (Wildman–Crippen LogP) is 2.49. The number of nitrogens with zero attached hydrogens (tertiary/aromatic N) is 3. The molecule has 1 fully saturated rings. The third-order valence-electron chi connectivity index (χ3n) is 3.67. The SMILES string of the molecule is C1=CC2CC2(c2ncc3ccccc3n2)C=N1. The van der Waals surface area contributed by atoms with Gasteiger partial charge >= 0.3 is 0 Å². The van der Waals surface area contributed by atoms with Gasteiger partial charge in [-0.3, -0.25) is 4.99 Å². The molecule has 1 saturated carbocycles. The van der Waals surface area contributed by atoms with Gasteiger partial charge in [0.25, 0.3) is 0 Å². The van der Waals surface area contributed by atoms with Crippen LogP contribution in [0.5, 0.6) is 0 Å². The quantitative estimate of drug-likeness (QED) is 0.742. The molecule has 3 heteroatoms. The number of benzene rings is 1. The summed E-state index contributed by atoms with van der Waals surface area (Å²) in [4.78, 5) is 13.4. The first-order chi connectivity index (χ1) is 8.38. The molecule has 0 amide bonds. The van der Waals surface area contributed by atoms with Gasteiger partial charge in [-0.15, -0.1) is 0 Å². The summed E-state index contributed by atoms with van der Waals surface area (Å²) in [6.45, 7) is 0. The second-order valence-electron chi connectivity index (χ2n) is 4.72. The summed E-state index contributed by atoms with van der Waals surface area (Å²) >= 11 is 0. The van der Waals surface area contributed by atoms with Crippen molar-refractivity contribution in [1.82, 2.24) is 9.97 Å². The van der Waals surface area contributed by atoms with Gasteiger partial charge in [0.05, 0.1) is 10.9 Å². The summed E-state index contributed by atoms with van der Waals surface area (Å²) in [6, 6.07) is 8.09. The number of hydrogen-bond donors (Lipinski definition) is 0. The zero-order valence-corrected chi connectivity index (χ0v) is 9.24. The van der Waals surface area contributed by atoms with E-state index in [1.807, 2.05) is 42.9 Å². The highest BCUT2D eigenvalue weighted by Crippen LogP contribution is 2.53. The van der Waals surface area contributed by atoms with Crippen LogP contribution in [0.25, 0.3) is 10.9 Å². The number of allylic oxidation sites excluding steroid dienone is 1. The summed E-state index contributed by atoms with van der Waals surface area (Å²) < 4.78 is 0. The Hall–Kier alpha value is -2.03. The highest BCUT2D eigenvalue weighted by atomic mass is 14.9. The van der Waals surface area contributed by atoms with E-state index < -0.39 is 0 Å². The molecule has 0 N–H and O–H groups in total. The first-order valence-corrected chi connectivity index (χ1v) is 5.82. The largest absolute Gasteiger partial charge is 0.268 e. The lowest BCUT2D eigenvalue weighted by atomic mass is 10.0. The normalized spacial score (nSPS) is 29.3. The Morgan fingerprint density at radius 2 is 2.18 bits per heavy atom. The van der Waals surface area contributed by atoms with Crippen molar-refractivity contribution in [2.24, 2.45) is 10.9 Å². The van der Waals surface area contributed by atoms with Gasteiger partial charge in [-0.1, -0.05) is 24.3 Å². The first-order valence-electron chi connectivity index (χ1n) is 5.82. The van der Waals surface area contributed by atoms with Gasteiger partial charge in [0, 0.05) is 24.0 Å². The molecule has 0 radical (unpaired) electrons. The molecule has 0 saturated heterocycles. The molecule has 0 spiro atoms. The molecule has 17 heavy (non-hydrogen) atoms. The first kappa shape index (κ1) is 9.05. The molecule has 1 aliphatic heterocycles.